The lowest BCUT2D eigenvalue weighted by atomic mass is 10.4. The summed E-state index contributed by atoms with van der Waals surface area (Å²) in [6.45, 7) is 0. The molecule has 0 spiro atoms. The van der Waals surface area contributed by atoms with Crippen molar-refractivity contribution in [1.29, 1.82) is 0 Å². The quantitative estimate of drug-likeness (QED) is 0.666. The molecule has 0 atom stereocenters. The summed E-state index contributed by atoms with van der Waals surface area (Å²) in [4.78, 5) is 1.89. The van der Waals surface area contributed by atoms with E-state index in [-0.39, 0.29) is 10.2 Å². The van der Waals surface area contributed by atoms with Crippen molar-refractivity contribution in [3.05, 3.63) is 21.9 Å². The largest absolute Gasteiger partial charge is 0.431 e. The first kappa shape index (κ1) is 8.74. The summed E-state index contributed by atoms with van der Waals surface area (Å²) in [5.41, 5.74) is -0.938. The molecule has 1 aromatic rings. The summed E-state index contributed by atoms with van der Waals surface area (Å²) in [6.07, 6.45) is -4.42. The summed E-state index contributed by atoms with van der Waals surface area (Å²) >= 11 is 10.5. The Labute approximate surface area is 70.1 Å². The summed E-state index contributed by atoms with van der Waals surface area (Å²) < 4.78 is 35.5. The first-order chi connectivity index (χ1) is 4.91. The fraction of sp³-hybridized carbons (Fsp3) is 0.200. The van der Waals surface area contributed by atoms with E-state index in [0.29, 0.717) is 0 Å². The number of halogens is 5. The molecule has 62 valence electrons. The second-order valence-electron chi connectivity index (χ2n) is 1.84. The average molecular weight is 204 g/mol. The lowest BCUT2D eigenvalue weighted by Gasteiger charge is -2.00. The average Bonchev–Trinajstić information content (AvgIpc) is 2.11. The van der Waals surface area contributed by atoms with Crippen LogP contribution in [0.5, 0.6) is 0 Å². The molecule has 0 radical (unpaired) electrons. The number of hydrogen-bond donors (Lipinski definition) is 1. The van der Waals surface area contributed by atoms with Gasteiger partial charge in [0.15, 0.2) is 0 Å². The molecule has 1 rings (SSSR count). The van der Waals surface area contributed by atoms with Crippen LogP contribution in [0.2, 0.25) is 10.2 Å². The van der Waals surface area contributed by atoms with Crippen LogP contribution in [0.1, 0.15) is 5.69 Å². The zero-order chi connectivity index (χ0) is 8.65. The minimum absolute atomic E-state index is 0.126. The minimum Gasteiger partial charge on any atom is -0.341 e. The number of hydrogen-bond acceptors (Lipinski definition) is 0. The topological polar surface area (TPSA) is 15.8 Å². The van der Waals surface area contributed by atoms with Crippen LogP contribution >= 0.6 is 23.2 Å². The minimum atomic E-state index is -4.42. The lowest BCUT2D eigenvalue weighted by molar-refractivity contribution is -0.140. The van der Waals surface area contributed by atoms with Gasteiger partial charge in [-0.05, 0) is 6.07 Å². The van der Waals surface area contributed by atoms with Crippen molar-refractivity contribution < 1.29 is 13.2 Å². The highest BCUT2D eigenvalue weighted by atomic mass is 35.5. The van der Waals surface area contributed by atoms with Gasteiger partial charge in [0, 0.05) is 0 Å². The molecule has 0 aliphatic rings. The fourth-order valence-electron chi connectivity index (χ4n) is 0.557. The normalized spacial score (nSPS) is 12.1. The molecule has 1 nitrogen and oxygen atoms in total. The third-order valence-electron chi connectivity index (χ3n) is 1.03. The van der Waals surface area contributed by atoms with E-state index in [1.54, 1.807) is 0 Å². The molecule has 1 aromatic heterocycles. The van der Waals surface area contributed by atoms with E-state index >= 15 is 0 Å². The fourth-order valence-corrected chi connectivity index (χ4v) is 0.870. The Bertz CT molecular complexity index is 246. The van der Waals surface area contributed by atoms with Gasteiger partial charge in [0.05, 0.1) is 5.02 Å². The second kappa shape index (κ2) is 2.60. The SMILES string of the molecule is FC(F)(F)c1cc(Cl)c(Cl)[nH]1. The molecule has 11 heavy (non-hydrogen) atoms. The molecule has 0 amide bonds. The Balaban J connectivity index is 3.08. The van der Waals surface area contributed by atoms with Gasteiger partial charge in [0.25, 0.3) is 0 Å². The van der Waals surface area contributed by atoms with Crippen LogP contribution in [-0.2, 0) is 6.18 Å². The van der Waals surface area contributed by atoms with E-state index in [1.807, 2.05) is 4.98 Å². The monoisotopic (exact) mass is 203 g/mol. The molecule has 0 saturated heterocycles. The molecule has 0 aliphatic carbocycles. The first-order valence-corrected chi connectivity index (χ1v) is 3.28. The number of aromatic amines is 1. The van der Waals surface area contributed by atoms with Crippen LogP contribution < -0.4 is 0 Å². The van der Waals surface area contributed by atoms with Crippen LogP contribution in [0.25, 0.3) is 0 Å². The van der Waals surface area contributed by atoms with Gasteiger partial charge in [-0.15, -0.1) is 0 Å². The summed E-state index contributed by atoms with van der Waals surface area (Å²) in [6, 6.07) is 0.740. The van der Waals surface area contributed by atoms with Gasteiger partial charge in [0.1, 0.15) is 10.8 Å². The van der Waals surface area contributed by atoms with Crippen LogP contribution in [-0.4, -0.2) is 4.98 Å². The molecule has 0 saturated carbocycles. The molecule has 0 fully saturated rings. The lowest BCUT2D eigenvalue weighted by Crippen LogP contribution is -2.04. The predicted octanol–water partition coefficient (Wildman–Crippen LogP) is 3.34. The highest BCUT2D eigenvalue weighted by Crippen LogP contribution is 2.33. The van der Waals surface area contributed by atoms with Crippen LogP contribution in [0.15, 0.2) is 6.07 Å². The van der Waals surface area contributed by atoms with Gasteiger partial charge in [-0.3, -0.25) is 0 Å². The number of rotatable bonds is 0. The maximum atomic E-state index is 11.8. The van der Waals surface area contributed by atoms with E-state index in [0.717, 1.165) is 6.07 Å². The third-order valence-corrected chi connectivity index (χ3v) is 1.72. The summed E-state index contributed by atoms with van der Waals surface area (Å²) in [5, 5.41) is -0.321. The zero-order valence-corrected chi connectivity index (χ0v) is 6.48. The van der Waals surface area contributed by atoms with Crippen molar-refractivity contribution in [3.63, 3.8) is 0 Å². The number of alkyl halides is 3. The van der Waals surface area contributed by atoms with E-state index in [1.165, 1.54) is 0 Å². The van der Waals surface area contributed by atoms with Crippen molar-refractivity contribution >= 4 is 23.2 Å². The van der Waals surface area contributed by atoms with E-state index in [9.17, 15) is 13.2 Å². The Kier molecular flexibility index (Phi) is 2.07. The van der Waals surface area contributed by atoms with Gasteiger partial charge in [-0.2, -0.15) is 13.2 Å². The zero-order valence-electron chi connectivity index (χ0n) is 4.97. The van der Waals surface area contributed by atoms with Crippen molar-refractivity contribution in [2.24, 2.45) is 0 Å². The van der Waals surface area contributed by atoms with Gasteiger partial charge in [-0.25, -0.2) is 0 Å². The molecular weight excluding hydrogens is 202 g/mol. The van der Waals surface area contributed by atoms with E-state index in [2.05, 4.69) is 0 Å². The molecule has 1 N–H and O–H groups in total. The number of nitrogens with one attached hydrogen (secondary N) is 1. The van der Waals surface area contributed by atoms with Gasteiger partial charge in [0.2, 0.25) is 0 Å². The maximum Gasteiger partial charge on any atom is 0.431 e. The van der Waals surface area contributed by atoms with Gasteiger partial charge < -0.3 is 4.98 Å². The Morgan fingerprint density at radius 3 is 2.00 bits per heavy atom. The van der Waals surface area contributed by atoms with Crippen LogP contribution in [0.3, 0.4) is 0 Å². The molecule has 0 bridgehead atoms. The molecule has 0 unspecified atom stereocenters. The highest BCUT2D eigenvalue weighted by Gasteiger charge is 2.33. The predicted molar refractivity (Wildman–Crippen MR) is 35.8 cm³/mol. The van der Waals surface area contributed by atoms with Gasteiger partial charge >= 0.3 is 6.18 Å². The maximum absolute atomic E-state index is 11.8. The van der Waals surface area contributed by atoms with Crippen LogP contribution in [0, 0.1) is 0 Å². The summed E-state index contributed by atoms with van der Waals surface area (Å²) in [5.74, 6) is 0. The second-order valence-corrected chi connectivity index (χ2v) is 2.63. The number of aromatic nitrogens is 1. The number of H-pyrrole nitrogens is 1. The Morgan fingerprint density at radius 2 is 1.82 bits per heavy atom. The van der Waals surface area contributed by atoms with Crippen molar-refractivity contribution in [2.45, 2.75) is 6.18 Å². The summed E-state index contributed by atoms with van der Waals surface area (Å²) in [7, 11) is 0. The van der Waals surface area contributed by atoms with E-state index in [4.69, 9.17) is 23.2 Å². The van der Waals surface area contributed by atoms with Crippen molar-refractivity contribution in [2.75, 3.05) is 0 Å². The third kappa shape index (κ3) is 1.81. The molecule has 6 heteroatoms. The Morgan fingerprint density at radius 1 is 1.27 bits per heavy atom. The van der Waals surface area contributed by atoms with Gasteiger partial charge in [-0.1, -0.05) is 23.2 Å². The smallest absolute Gasteiger partial charge is 0.341 e. The standard InChI is InChI=1S/C5H2Cl2F3N/c6-2-1-3(5(8,9)10)11-4(2)7/h1,11H. The van der Waals surface area contributed by atoms with Crippen LogP contribution in [0.4, 0.5) is 13.2 Å². The van der Waals surface area contributed by atoms with E-state index < -0.39 is 11.9 Å². The molecule has 0 aromatic carbocycles. The molecular formula is C5H2Cl2F3N. The molecule has 1 heterocycles. The van der Waals surface area contributed by atoms with Crippen molar-refractivity contribution in [3.8, 4) is 0 Å². The van der Waals surface area contributed by atoms with Crippen molar-refractivity contribution in [1.82, 2.24) is 4.98 Å². The molecule has 0 aliphatic heterocycles. The Hall–Kier alpha value is -0.350. The highest BCUT2D eigenvalue weighted by molar-refractivity contribution is 6.41. The first-order valence-electron chi connectivity index (χ1n) is 2.52.